The summed E-state index contributed by atoms with van der Waals surface area (Å²) in [7, 11) is 0. The van der Waals surface area contributed by atoms with Crippen molar-refractivity contribution in [1.29, 1.82) is 0 Å². The summed E-state index contributed by atoms with van der Waals surface area (Å²) in [6, 6.07) is 11.1. The summed E-state index contributed by atoms with van der Waals surface area (Å²) in [5.74, 6) is 0.954. The van der Waals surface area contributed by atoms with Crippen molar-refractivity contribution < 1.29 is 4.74 Å². The zero-order valence-corrected chi connectivity index (χ0v) is 10.8. The van der Waals surface area contributed by atoms with Gasteiger partial charge in [-0.2, -0.15) is 0 Å². The van der Waals surface area contributed by atoms with E-state index in [2.05, 4.69) is 32.6 Å². The molecule has 0 aliphatic rings. The van der Waals surface area contributed by atoms with Crippen LogP contribution in [-0.2, 0) is 0 Å². The van der Waals surface area contributed by atoms with Crippen LogP contribution in [0.1, 0.15) is 27.7 Å². The van der Waals surface area contributed by atoms with Crippen LogP contribution in [0, 0.1) is 0 Å². The summed E-state index contributed by atoms with van der Waals surface area (Å²) in [5, 5.41) is 0. The molecule has 0 amide bonds. The molecule has 1 rings (SSSR count). The maximum absolute atomic E-state index is 5.70. The first-order valence-electron chi connectivity index (χ1n) is 6.05. The molecule has 0 saturated heterocycles. The Bertz CT molecular complexity index is 274. The smallest absolute Gasteiger partial charge is 0.119 e. The normalized spacial score (nSPS) is 11.4. The van der Waals surface area contributed by atoms with Crippen LogP contribution >= 0.6 is 0 Å². The highest BCUT2D eigenvalue weighted by molar-refractivity contribution is 5.20. The van der Waals surface area contributed by atoms with Gasteiger partial charge in [-0.05, 0) is 39.8 Å². The van der Waals surface area contributed by atoms with Crippen molar-refractivity contribution in [2.75, 3.05) is 13.2 Å². The Hall–Kier alpha value is -1.02. The molecule has 0 fully saturated rings. The first-order valence-corrected chi connectivity index (χ1v) is 6.05. The highest BCUT2D eigenvalue weighted by atomic mass is 16.5. The largest absolute Gasteiger partial charge is 0.492 e. The summed E-state index contributed by atoms with van der Waals surface area (Å²) in [6.07, 6.45) is 0. The van der Waals surface area contributed by atoms with Crippen molar-refractivity contribution in [2.24, 2.45) is 0 Å². The third-order valence-electron chi connectivity index (χ3n) is 2.69. The average Bonchev–Trinajstić information content (AvgIpc) is 2.24. The van der Waals surface area contributed by atoms with Crippen LogP contribution < -0.4 is 4.74 Å². The van der Waals surface area contributed by atoms with Crippen molar-refractivity contribution >= 4 is 0 Å². The predicted molar refractivity (Wildman–Crippen MR) is 68.9 cm³/mol. The summed E-state index contributed by atoms with van der Waals surface area (Å²) in [5.41, 5.74) is 0. The highest BCUT2D eigenvalue weighted by Crippen LogP contribution is 2.09. The Balaban J connectivity index is 2.34. The van der Waals surface area contributed by atoms with Gasteiger partial charge in [0, 0.05) is 18.6 Å². The predicted octanol–water partition coefficient (Wildman–Crippen LogP) is 3.18. The third kappa shape index (κ3) is 4.23. The number of hydrogen-bond acceptors (Lipinski definition) is 2. The van der Waals surface area contributed by atoms with Gasteiger partial charge in [0.1, 0.15) is 12.4 Å². The van der Waals surface area contributed by atoms with Crippen molar-refractivity contribution in [3.05, 3.63) is 30.3 Å². The summed E-state index contributed by atoms with van der Waals surface area (Å²) >= 11 is 0. The molecule has 2 nitrogen and oxygen atoms in total. The minimum Gasteiger partial charge on any atom is -0.492 e. The molecule has 0 unspecified atom stereocenters. The number of benzene rings is 1. The van der Waals surface area contributed by atoms with E-state index in [0.29, 0.717) is 12.1 Å². The van der Waals surface area contributed by atoms with E-state index in [4.69, 9.17) is 4.74 Å². The zero-order chi connectivity index (χ0) is 12.0. The van der Waals surface area contributed by atoms with Crippen molar-refractivity contribution in [1.82, 2.24) is 4.90 Å². The van der Waals surface area contributed by atoms with E-state index in [1.54, 1.807) is 0 Å². The number of nitrogens with zero attached hydrogens (tertiary/aromatic N) is 1. The Morgan fingerprint density at radius 1 is 1.00 bits per heavy atom. The first-order chi connectivity index (χ1) is 7.61. The van der Waals surface area contributed by atoms with Gasteiger partial charge < -0.3 is 4.74 Å². The van der Waals surface area contributed by atoms with Gasteiger partial charge in [-0.25, -0.2) is 0 Å². The van der Waals surface area contributed by atoms with Gasteiger partial charge in [0.15, 0.2) is 0 Å². The minimum atomic E-state index is 0.569. The maximum atomic E-state index is 5.70. The van der Waals surface area contributed by atoms with Crippen molar-refractivity contribution in [2.45, 2.75) is 39.8 Å². The molecule has 0 radical (unpaired) electrons. The second-order valence-corrected chi connectivity index (χ2v) is 4.59. The Morgan fingerprint density at radius 3 is 2.06 bits per heavy atom. The van der Waals surface area contributed by atoms with Gasteiger partial charge >= 0.3 is 0 Å². The molecule has 90 valence electrons. The molecule has 0 aromatic heterocycles. The molecule has 0 saturated carbocycles. The molecule has 0 spiro atoms. The van der Waals surface area contributed by atoms with Gasteiger partial charge in [-0.15, -0.1) is 0 Å². The molecule has 0 aliphatic heterocycles. The number of ether oxygens (including phenoxy) is 1. The number of para-hydroxylation sites is 1. The molecule has 16 heavy (non-hydrogen) atoms. The zero-order valence-electron chi connectivity index (χ0n) is 10.8. The minimum absolute atomic E-state index is 0.569. The van der Waals surface area contributed by atoms with Crippen LogP contribution in [-0.4, -0.2) is 30.1 Å². The van der Waals surface area contributed by atoms with Gasteiger partial charge in [-0.3, -0.25) is 4.90 Å². The SMILES string of the molecule is CC(C)N(CCOc1ccccc1)C(C)C. The van der Waals surface area contributed by atoms with Crippen LogP contribution in [0.3, 0.4) is 0 Å². The fourth-order valence-corrected chi connectivity index (χ4v) is 1.90. The number of hydrogen-bond donors (Lipinski definition) is 0. The summed E-state index contributed by atoms with van der Waals surface area (Å²) in [6.45, 7) is 10.6. The van der Waals surface area contributed by atoms with Crippen molar-refractivity contribution in [3.63, 3.8) is 0 Å². The molecule has 2 heteroatoms. The Morgan fingerprint density at radius 2 is 1.56 bits per heavy atom. The fourth-order valence-electron chi connectivity index (χ4n) is 1.90. The van der Waals surface area contributed by atoms with Gasteiger partial charge in [0.05, 0.1) is 0 Å². The third-order valence-corrected chi connectivity index (χ3v) is 2.69. The van der Waals surface area contributed by atoms with Crippen molar-refractivity contribution in [3.8, 4) is 5.75 Å². The molecule has 0 atom stereocenters. The van der Waals surface area contributed by atoms with Crippen LogP contribution in [0.2, 0.25) is 0 Å². The lowest BCUT2D eigenvalue weighted by molar-refractivity contribution is 0.142. The van der Waals surface area contributed by atoms with Crippen LogP contribution in [0.5, 0.6) is 5.75 Å². The van der Waals surface area contributed by atoms with E-state index in [1.807, 2.05) is 30.3 Å². The van der Waals surface area contributed by atoms with Gasteiger partial charge in [-0.1, -0.05) is 18.2 Å². The second-order valence-electron chi connectivity index (χ2n) is 4.59. The molecular weight excluding hydrogens is 198 g/mol. The molecule has 0 bridgehead atoms. The van der Waals surface area contributed by atoms with E-state index in [9.17, 15) is 0 Å². The first kappa shape index (κ1) is 13.0. The standard InChI is InChI=1S/C14H23NO/c1-12(2)15(13(3)4)10-11-16-14-8-6-5-7-9-14/h5-9,12-13H,10-11H2,1-4H3. The van der Waals surface area contributed by atoms with E-state index in [1.165, 1.54) is 0 Å². The van der Waals surface area contributed by atoms with E-state index >= 15 is 0 Å². The van der Waals surface area contributed by atoms with Crippen LogP contribution in [0.25, 0.3) is 0 Å². The molecular formula is C14H23NO. The van der Waals surface area contributed by atoms with Crippen LogP contribution in [0.4, 0.5) is 0 Å². The van der Waals surface area contributed by atoms with Gasteiger partial charge in [0.25, 0.3) is 0 Å². The lowest BCUT2D eigenvalue weighted by Gasteiger charge is -2.30. The quantitative estimate of drug-likeness (QED) is 0.731. The van der Waals surface area contributed by atoms with E-state index in [-0.39, 0.29) is 0 Å². The maximum Gasteiger partial charge on any atom is 0.119 e. The fraction of sp³-hybridized carbons (Fsp3) is 0.571. The summed E-state index contributed by atoms with van der Waals surface area (Å²) in [4.78, 5) is 2.43. The van der Waals surface area contributed by atoms with Crippen LogP contribution in [0.15, 0.2) is 30.3 Å². The second kappa shape index (κ2) is 6.54. The monoisotopic (exact) mass is 221 g/mol. The molecule has 0 aliphatic carbocycles. The molecule has 1 aromatic rings. The van der Waals surface area contributed by atoms with E-state index < -0.39 is 0 Å². The highest BCUT2D eigenvalue weighted by Gasteiger charge is 2.12. The topological polar surface area (TPSA) is 12.5 Å². The lowest BCUT2D eigenvalue weighted by atomic mass is 10.2. The molecule has 0 N–H and O–H groups in total. The Kier molecular flexibility index (Phi) is 5.33. The average molecular weight is 221 g/mol. The summed E-state index contributed by atoms with van der Waals surface area (Å²) < 4.78 is 5.70. The van der Waals surface area contributed by atoms with E-state index in [0.717, 1.165) is 18.9 Å². The lowest BCUT2D eigenvalue weighted by Crippen LogP contribution is -2.39. The Labute approximate surface area is 99.2 Å². The molecule has 1 aromatic carbocycles. The number of rotatable bonds is 6. The van der Waals surface area contributed by atoms with Gasteiger partial charge in [0.2, 0.25) is 0 Å². The molecule has 0 heterocycles.